The highest BCUT2D eigenvalue weighted by Gasteiger charge is 2.37. The van der Waals surface area contributed by atoms with Gasteiger partial charge < -0.3 is 0 Å². The second-order valence-corrected chi connectivity index (χ2v) is 6.77. The lowest BCUT2D eigenvalue weighted by atomic mass is 9.77. The fraction of sp³-hybridized carbons (Fsp3) is 0.611. The number of hydrogen-bond acceptors (Lipinski definition) is 2. The summed E-state index contributed by atoms with van der Waals surface area (Å²) in [6.07, 6.45) is 8.28. The summed E-state index contributed by atoms with van der Waals surface area (Å²) in [5.41, 5.74) is 2.71. The van der Waals surface area contributed by atoms with Crippen molar-refractivity contribution in [2.24, 2.45) is 5.41 Å². The van der Waals surface area contributed by atoms with E-state index in [1.54, 1.807) is 0 Å². The van der Waals surface area contributed by atoms with Crippen LogP contribution in [0.15, 0.2) is 24.3 Å². The summed E-state index contributed by atoms with van der Waals surface area (Å²) < 4.78 is 0. The van der Waals surface area contributed by atoms with Crippen LogP contribution in [0.2, 0.25) is 0 Å². The number of aryl methyl sites for hydroxylation is 1. The monoisotopic (exact) mass is 271 g/mol. The van der Waals surface area contributed by atoms with Crippen molar-refractivity contribution in [3.8, 4) is 0 Å². The average Bonchev–Trinajstić information content (AvgIpc) is 2.91. The van der Waals surface area contributed by atoms with Gasteiger partial charge in [-0.15, -0.1) is 0 Å². The van der Waals surface area contributed by atoms with E-state index in [0.717, 1.165) is 18.7 Å². The molecule has 20 heavy (non-hydrogen) atoms. The van der Waals surface area contributed by atoms with Crippen LogP contribution in [0, 0.1) is 12.3 Å². The summed E-state index contributed by atoms with van der Waals surface area (Å²) in [5, 5.41) is 0. The summed E-state index contributed by atoms with van der Waals surface area (Å²) in [6.45, 7) is 4.87. The maximum Gasteiger partial charge on any atom is 0.176 e. The maximum absolute atomic E-state index is 12.3. The molecule has 0 aromatic heterocycles. The Balaban J connectivity index is 1.54. The van der Waals surface area contributed by atoms with E-state index in [2.05, 4.69) is 11.8 Å². The highest BCUT2D eigenvalue weighted by molar-refractivity contribution is 5.97. The van der Waals surface area contributed by atoms with Gasteiger partial charge in [-0.3, -0.25) is 9.69 Å². The lowest BCUT2D eigenvalue weighted by molar-refractivity contribution is 0.0797. The molecule has 1 saturated carbocycles. The first kappa shape index (κ1) is 13.8. The standard InChI is InChI=1S/C18H25NO/c1-15-4-6-16(7-5-15)17(20)14-19-12-10-18(11-13-19)8-2-3-9-18/h4-7H,2-3,8-14H2,1H3. The molecule has 2 nitrogen and oxygen atoms in total. The summed E-state index contributed by atoms with van der Waals surface area (Å²) in [6, 6.07) is 7.97. The van der Waals surface area contributed by atoms with Crippen LogP contribution < -0.4 is 0 Å². The smallest absolute Gasteiger partial charge is 0.176 e. The largest absolute Gasteiger partial charge is 0.296 e. The number of carbonyl (C=O) groups excluding carboxylic acids is 1. The van der Waals surface area contributed by atoms with E-state index >= 15 is 0 Å². The fourth-order valence-electron chi connectivity index (χ4n) is 3.84. The molecule has 2 heteroatoms. The van der Waals surface area contributed by atoms with Gasteiger partial charge in [0.25, 0.3) is 0 Å². The first-order valence-corrected chi connectivity index (χ1v) is 7.99. The van der Waals surface area contributed by atoms with E-state index in [9.17, 15) is 4.79 Å². The second kappa shape index (κ2) is 5.69. The van der Waals surface area contributed by atoms with Crippen molar-refractivity contribution in [3.63, 3.8) is 0 Å². The van der Waals surface area contributed by atoms with Crippen LogP contribution >= 0.6 is 0 Å². The van der Waals surface area contributed by atoms with Crippen molar-refractivity contribution < 1.29 is 4.79 Å². The van der Waals surface area contributed by atoms with Crippen LogP contribution in [0.5, 0.6) is 0 Å². The van der Waals surface area contributed by atoms with Gasteiger partial charge in [0.15, 0.2) is 5.78 Å². The third-order valence-electron chi connectivity index (χ3n) is 5.32. The molecule has 1 spiro atoms. The number of ketones is 1. The average molecular weight is 271 g/mol. The molecular weight excluding hydrogens is 246 g/mol. The van der Waals surface area contributed by atoms with Crippen LogP contribution in [0.3, 0.4) is 0 Å². The van der Waals surface area contributed by atoms with Crippen molar-refractivity contribution in [2.75, 3.05) is 19.6 Å². The number of likely N-dealkylation sites (tertiary alicyclic amines) is 1. The molecule has 0 amide bonds. The quantitative estimate of drug-likeness (QED) is 0.779. The molecule has 1 aliphatic heterocycles. The molecule has 2 aliphatic rings. The Morgan fingerprint density at radius 2 is 1.65 bits per heavy atom. The van der Waals surface area contributed by atoms with Crippen molar-refractivity contribution in [1.29, 1.82) is 0 Å². The molecule has 2 fully saturated rings. The van der Waals surface area contributed by atoms with Gasteiger partial charge in [-0.2, -0.15) is 0 Å². The summed E-state index contributed by atoms with van der Waals surface area (Å²) in [5.74, 6) is 0.271. The number of nitrogens with zero attached hydrogens (tertiary/aromatic N) is 1. The van der Waals surface area contributed by atoms with Crippen LogP contribution in [0.25, 0.3) is 0 Å². The van der Waals surface area contributed by atoms with Crippen molar-refractivity contribution in [2.45, 2.75) is 45.4 Å². The minimum absolute atomic E-state index is 0.271. The van der Waals surface area contributed by atoms with E-state index in [1.807, 2.05) is 24.3 Å². The predicted octanol–water partition coefficient (Wildman–Crippen LogP) is 3.83. The van der Waals surface area contributed by atoms with Gasteiger partial charge in [-0.05, 0) is 51.1 Å². The van der Waals surface area contributed by atoms with E-state index in [0.29, 0.717) is 12.0 Å². The van der Waals surface area contributed by atoms with Crippen LogP contribution in [0.4, 0.5) is 0 Å². The van der Waals surface area contributed by atoms with E-state index < -0.39 is 0 Å². The van der Waals surface area contributed by atoms with E-state index in [4.69, 9.17) is 0 Å². The van der Waals surface area contributed by atoms with Crippen LogP contribution in [0.1, 0.15) is 54.4 Å². The number of benzene rings is 1. The molecule has 3 rings (SSSR count). The van der Waals surface area contributed by atoms with Crippen LogP contribution in [-0.2, 0) is 0 Å². The first-order valence-electron chi connectivity index (χ1n) is 7.99. The molecule has 1 aliphatic carbocycles. The third kappa shape index (κ3) is 2.95. The molecule has 1 saturated heterocycles. The molecule has 0 N–H and O–H groups in total. The Bertz CT molecular complexity index is 461. The molecule has 1 aromatic carbocycles. The zero-order valence-corrected chi connectivity index (χ0v) is 12.5. The molecule has 108 valence electrons. The SMILES string of the molecule is Cc1ccc(C(=O)CN2CCC3(CCCC3)CC2)cc1. The van der Waals surface area contributed by atoms with Gasteiger partial charge in [-0.25, -0.2) is 0 Å². The predicted molar refractivity (Wildman–Crippen MR) is 82.1 cm³/mol. The Labute approximate surface area is 122 Å². The molecule has 0 bridgehead atoms. The number of Topliss-reactive ketones (excluding diaryl/α,β-unsaturated/α-hetero) is 1. The van der Waals surface area contributed by atoms with Crippen LogP contribution in [-0.4, -0.2) is 30.3 Å². The van der Waals surface area contributed by atoms with Gasteiger partial charge >= 0.3 is 0 Å². The Hall–Kier alpha value is -1.15. The normalized spacial score (nSPS) is 22.2. The molecular formula is C18H25NO. The topological polar surface area (TPSA) is 20.3 Å². The minimum Gasteiger partial charge on any atom is -0.296 e. The molecule has 0 atom stereocenters. The molecule has 0 unspecified atom stereocenters. The Morgan fingerprint density at radius 1 is 1.05 bits per heavy atom. The maximum atomic E-state index is 12.3. The van der Waals surface area contributed by atoms with Crippen molar-refractivity contribution in [1.82, 2.24) is 4.90 Å². The van der Waals surface area contributed by atoms with E-state index in [1.165, 1.54) is 44.1 Å². The van der Waals surface area contributed by atoms with Gasteiger partial charge in [0.05, 0.1) is 6.54 Å². The minimum atomic E-state index is 0.271. The van der Waals surface area contributed by atoms with Gasteiger partial charge in [0.2, 0.25) is 0 Å². The zero-order valence-electron chi connectivity index (χ0n) is 12.5. The lowest BCUT2D eigenvalue weighted by Gasteiger charge is -2.39. The summed E-state index contributed by atoms with van der Waals surface area (Å²) >= 11 is 0. The van der Waals surface area contributed by atoms with Gasteiger partial charge in [0.1, 0.15) is 0 Å². The zero-order chi connectivity index (χ0) is 14.0. The highest BCUT2D eigenvalue weighted by Crippen LogP contribution is 2.46. The molecule has 1 heterocycles. The lowest BCUT2D eigenvalue weighted by Crippen LogP contribution is -2.41. The fourth-order valence-corrected chi connectivity index (χ4v) is 3.84. The highest BCUT2D eigenvalue weighted by atomic mass is 16.1. The van der Waals surface area contributed by atoms with Gasteiger partial charge in [0, 0.05) is 5.56 Å². The number of hydrogen-bond donors (Lipinski definition) is 0. The number of rotatable bonds is 3. The Kier molecular flexibility index (Phi) is 3.93. The second-order valence-electron chi connectivity index (χ2n) is 6.77. The van der Waals surface area contributed by atoms with Crippen molar-refractivity contribution >= 4 is 5.78 Å². The molecule has 0 radical (unpaired) electrons. The van der Waals surface area contributed by atoms with E-state index in [-0.39, 0.29) is 5.78 Å². The summed E-state index contributed by atoms with van der Waals surface area (Å²) in [7, 11) is 0. The first-order chi connectivity index (χ1) is 9.67. The number of piperidine rings is 1. The third-order valence-corrected chi connectivity index (χ3v) is 5.32. The molecule has 1 aromatic rings. The number of carbonyl (C=O) groups is 1. The summed E-state index contributed by atoms with van der Waals surface area (Å²) in [4.78, 5) is 14.6. The Morgan fingerprint density at radius 3 is 2.25 bits per heavy atom. The van der Waals surface area contributed by atoms with Gasteiger partial charge in [-0.1, -0.05) is 42.7 Å². The van der Waals surface area contributed by atoms with Crippen molar-refractivity contribution in [3.05, 3.63) is 35.4 Å².